The van der Waals surface area contributed by atoms with Crippen LogP contribution in [0.15, 0.2) is 28.7 Å². The quantitative estimate of drug-likeness (QED) is 0.797. The van der Waals surface area contributed by atoms with Crippen LogP contribution in [-0.2, 0) is 4.79 Å². The number of aliphatic hydroxyl groups is 1. The molecule has 0 bridgehead atoms. The third-order valence-corrected chi connectivity index (χ3v) is 3.25. The molecule has 1 aromatic carbocycles. The van der Waals surface area contributed by atoms with E-state index in [0.29, 0.717) is 32.5 Å². The number of ether oxygens (including phenoxy) is 1. The number of benzene rings is 1. The van der Waals surface area contributed by atoms with Crippen LogP contribution >= 0.6 is 15.9 Å². The summed E-state index contributed by atoms with van der Waals surface area (Å²) in [7, 11) is 0. The number of hydrogen-bond acceptors (Lipinski definition) is 3. The minimum Gasteiger partial charge on any atom is -0.493 e. The molecular weight excluding hydrogens is 310 g/mol. The average molecular weight is 330 g/mol. The van der Waals surface area contributed by atoms with Crippen molar-refractivity contribution in [3.05, 3.63) is 28.7 Å². The smallest absolute Gasteiger partial charge is 0.225 e. The van der Waals surface area contributed by atoms with Crippen molar-refractivity contribution >= 4 is 21.8 Å². The molecule has 1 amide bonds. The highest BCUT2D eigenvalue weighted by atomic mass is 79.9. The summed E-state index contributed by atoms with van der Waals surface area (Å²) in [5, 5.41) is 8.77. The number of hydrogen-bond donors (Lipinski definition) is 1. The highest BCUT2D eigenvalue weighted by Gasteiger charge is 2.10. The normalized spacial score (nSPS) is 10.3. The van der Waals surface area contributed by atoms with Crippen molar-refractivity contribution in [2.75, 3.05) is 26.3 Å². The van der Waals surface area contributed by atoms with E-state index >= 15 is 0 Å². The van der Waals surface area contributed by atoms with E-state index in [0.717, 1.165) is 10.2 Å². The summed E-state index contributed by atoms with van der Waals surface area (Å²) < 4.78 is 6.51. The Bertz CT molecular complexity index is 381. The molecule has 0 aliphatic heterocycles. The molecule has 0 atom stereocenters. The Morgan fingerprint density at radius 1 is 1.37 bits per heavy atom. The Labute approximate surface area is 122 Å². The molecular formula is C14H20BrNO3. The van der Waals surface area contributed by atoms with E-state index in [1.54, 1.807) is 4.90 Å². The lowest BCUT2D eigenvalue weighted by molar-refractivity contribution is -0.131. The molecule has 0 aliphatic rings. The van der Waals surface area contributed by atoms with E-state index in [-0.39, 0.29) is 12.5 Å². The van der Waals surface area contributed by atoms with Crippen molar-refractivity contribution < 1.29 is 14.6 Å². The summed E-state index contributed by atoms with van der Waals surface area (Å²) in [5.41, 5.74) is 0. The predicted octanol–water partition coefficient (Wildman–Crippen LogP) is 2.45. The maximum Gasteiger partial charge on any atom is 0.225 e. The summed E-state index contributed by atoms with van der Waals surface area (Å²) in [6, 6.07) is 7.52. The van der Waals surface area contributed by atoms with E-state index in [1.165, 1.54) is 0 Å². The highest BCUT2D eigenvalue weighted by Crippen LogP contribution is 2.16. The summed E-state index contributed by atoms with van der Waals surface area (Å²) in [6.45, 7) is 3.68. The van der Waals surface area contributed by atoms with Crippen molar-refractivity contribution in [1.82, 2.24) is 4.90 Å². The Kier molecular flexibility index (Phi) is 7.52. The van der Waals surface area contributed by atoms with Crippen LogP contribution in [0, 0.1) is 0 Å². The fourth-order valence-electron chi connectivity index (χ4n) is 1.67. The molecule has 0 unspecified atom stereocenters. The first-order chi connectivity index (χ1) is 9.17. The van der Waals surface area contributed by atoms with Crippen molar-refractivity contribution in [2.24, 2.45) is 0 Å². The molecule has 0 saturated carbocycles. The minimum absolute atomic E-state index is 0.0630. The molecule has 0 saturated heterocycles. The minimum atomic E-state index is 0.0630. The van der Waals surface area contributed by atoms with Gasteiger partial charge in [-0.25, -0.2) is 0 Å². The van der Waals surface area contributed by atoms with Crippen LogP contribution < -0.4 is 4.74 Å². The van der Waals surface area contributed by atoms with Crippen LogP contribution in [0.1, 0.15) is 19.8 Å². The third-order valence-electron chi connectivity index (χ3n) is 2.72. The second-order valence-corrected chi connectivity index (χ2v) is 5.02. The molecule has 4 nitrogen and oxygen atoms in total. The molecule has 106 valence electrons. The maximum absolute atomic E-state index is 11.9. The van der Waals surface area contributed by atoms with Crippen LogP contribution in [0.25, 0.3) is 0 Å². The monoisotopic (exact) mass is 329 g/mol. The van der Waals surface area contributed by atoms with Crippen molar-refractivity contribution in [3.63, 3.8) is 0 Å². The molecule has 0 fully saturated rings. The van der Waals surface area contributed by atoms with Crippen molar-refractivity contribution in [2.45, 2.75) is 19.8 Å². The van der Waals surface area contributed by atoms with E-state index < -0.39 is 0 Å². The van der Waals surface area contributed by atoms with Crippen molar-refractivity contribution in [3.8, 4) is 5.75 Å². The number of aliphatic hydroxyl groups excluding tert-OH is 1. The highest BCUT2D eigenvalue weighted by molar-refractivity contribution is 9.10. The van der Waals surface area contributed by atoms with Gasteiger partial charge in [0.15, 0.2) is 0 Å². The van der Waals surface area contributed by atoms with Crippen LogP contribution in [-0.4, -0.2) is 42.2 Å². The molecule has 0 radical (unpaired) electrons. The van der Waals surface area contributed by atoms with Crippen LogP contribution in [0.4, 0.5) is 0 Å². The van der Waals surface area contributed by atoms with Crippen LogP contribution in [0.3, 0.4) is 0 Å². The molecule has 0 spiro atoms. The number of carbonyl (C=O) groups excluding carboxylic acids is 1. The molecule has 19 heavy (non-hydrogen) atoms. The Balaban J connectivity index is 2.31. The van der Waals surface area contributed by atoms with Gasteiger partial charge in [-0.05, 0) is 37.6 Å². The molecule has 1 N–H and O–H groups in total. The topological polar surface area (TPSA) is 49.8 Å². The number of halogens is 1. The zero-order valence-electron chi connectivity index (χ0n) is 11.1. The van der Waals surface area contributed by atoms with Gasteiger partial charge in [0.05, 0.1) is 13.0 Å². The first-order valence-corrected chi connectivity index (χ1v) is 7.23. The Morgan fingerprint density at radius 3 is 2.63 bits per heavy atom. The zero-order valence-corrected chi connectivity index (χ0v) is 12.7. The van der Waals surface area contributed by atoms with E-state index in [4.69, 9.17) is 9.84 Å². The number of nitrogens with zero attached hydrogens (tertiary/aromatic N) is 1. The zero-order chi connectivity index (χ0) is 14.1. The molecule has 1 aromatic rings. The van der Waals surface area contributed by atoms with E-state index in [9.17, 15) is 4.79 Å². The fourth-order valence-corrected chi connectivity index (χ4v) is 1.93. The Morgan fingerprint density at radius 2 is 2.05 bits per heavy atom. The largest absolute Gasteiger partial charge is 0.493 e. The molecule has 1 rings (SSSR count). The lowest BCUT2D eigenvalue weighted by Gasteiger charge is -2.20. The van der Waals surface area contributed by atoms with Crippen LogP contribution in [0.2, 0.25) is 0 Å². The van der Waals surface area contributed by atoms with Crippen LogP contribution in [0.5, 0.6) is 5.75 Å². The lowest BCUT2D eigenvalue weighted by atomic mass is 10.3. The van der Waals surface area contributed by atoms with E-state index in [2.05, 4.69) is 15.9 Å². The Hall–Kier alpha value is -1.07. The van der Waals surface area contributed by atoms with Gasteiger partial charge in [0, 0.05) is 24.2 Å². The van der Waals surface area contributed by atoms with Gasteiger partial charge in [0.25, 0.3) is 0 Å². The van der Waals surface area contributed by atoms with Gasteiger partial charge in [-0.1, -0.05) is 15.9 Å². The predicted molar refractivity (Wildman–Crippen MR) is 78.2 cm³/mol. The lowest BCUT2D eigenvalue weighted by Crippen LogP contribution is -2.33. The van der Waals surface area contributed by atoms with Gasteiger partial charge in [-0.3, -0.25) is 4.79 Å². The maximum atomic E-state index is 11.9. The first-order valence-electron chi connectivity index (χ1n) is 6.44. The summed E-state index contributed by atoms with van der Waals surface area (Å²) >= 11 is 3.35. The van der Waals surface area contributed by atoms with Gasteiger partial charge in [-0.2, -0.15) is 0 Å². The number of carbonyl (C=O) groups is 1. The number of rotatable bonds is 8. The van der Waals surface area contributed by atoms with Gasteiger partial charge < -0.3 is 14.7 Å². The van der Waals surface area contributed by atoms with Gasteiger partial charge in [-0.15, -0.1) is 0 Å². The molecule has 5 heteroatoms. The van der Waals surface area contributed by atoms with Gasteiger partial charge >= 0.3 is 0 Å². The third kappa shape index (κ3) is 6.07. The average Bonchev–Trinajstić information content (AvgIpc) is 2.42. The number of amides is 1. The molecule has 0 aromatic heterocycles. The SMILES string of the molecule is CCN(CCCO)C(=O)CCOc1ccc(Br)cc1. The summed E-state index contributed by atoms with van der Waals surface area (Å²) in [5.74, 6) is 0.822. The standard InChI is InChI=1S/C14H20BrNO3/c1-2-16(9-3-10-17)14(18)8-11-19-13-6-4-12(15)5-7-13/h4-7,17H,2-3,8-11H2,1H3. The van der Waals surface area contributed by atoms with E-state index in [1.807, 2.05) is 31.2 Å². The van der Waals surface area contributed by atoms with Gasteiger partial charge in [0.1, 0.15) is 5.75 Å². The fraction of sp³-hybridized carbons (Fsp3) is 0.500. The molecule has 0 heterocycles. The summed E-state index contributed by atoms with van der Waals surface area (Å²) in [6.07, 6.45) is 0.975. The summed E-state index contributed by atoms with van der Waals surface area (Å²) in [4.78, 5) is 13.6. The first kappa shape index (κ1) is 16.0. The second-order valence-electron chi connectivity index (χ2n) is 4.10. The second kappa shape index (κ2) is 8.93. The molecule has 0 aliphatic carbocycles. The van der Waals surface area contributed by atoms with Gasteiger partial charge in [0.2, 0.25) is 5.91 Å². The van der Waals surface area contributed by atoms with Crippen molar-refractivity contribution in [1.29, 1.82) is 0 Å².